The van der Waals surface area contributed by atoms with Gasteiger partial charge in [-0.25, -0.2) is 0 Å². The molecule has 3 aromatic heterocycles. The lowest BCUT2D eigenvalue weighted by Gasteiger charge is -2.09. The lowest BCUT2D eigenvalue weighted by Crippen LogP contribution is -2.21. The molecule has 0 spiro atoms. The summed E-state index contributed by atoms with van der Waals surface area (Å²) in [6.45, 7) is 4.17. The fraction of sp³-hybridized carbons (Fsp3) is 0.316. The number of hydrogen-bond acceptors (Lipinski definition) is 5. The van der Waals surface area contributed by atoms with E-state index in [2.05, 4.69) is 18.8 Å². The summed E-state index contributed by atoms with van der Waals surface area (Å²) in [5.74, 6) is -0.0207. The normalized spacial score (nSPS) is 15.2. The van der Waals surface area contributed by atoms with Crippen LogP contribution in [0.3, 0.4) is 0 Å². The molecule has 0 fully saturated rings. The third kappa shape index (κ3) is 2.99. The second kappa shape index (κ2) is 6.57. The van der Waals surface area contributed by atoms with E-state index in [4.69, 9.17) is 9.52 Å². The molecule has 4 rings (SSSR count). The number of fused-ring (bicyclic) bond motifs is 1. The summed E-state index contributed by atoms with van der Waals surface area (Å²) in [5, 5.41) is 4.71. The van der Waals surface area contributed by atoms with Gasteiger partial charge in [0.1, 0.15) is 0 Å². The highest BCUT2D eigenvalue weighted by Crippen LogP contribution is 2.27. The zero-order valence-electron chi connectivity index (χ0n) is 14.6. The third-order valence-corrected chi connectivity index (χ3v) is 5.40. The van der Waals surface area contributed by atoms with Gasteiger partial charge in [-0.15, -0.1) is 11.3 Å². The number of carbonyl (C=O) groups excluding carboxylic acids is 1. The summed E-state index contributed by atoms with van der Waals surface area (Å²) in [6.07, 6.45) is 7.84. The van der Waals surface area contributed by atoms with Crippen LogP contribution >= 0.6 is 11.3 Å². The number of nitrogens with one attached hydrogen (secondary N) is 1. The average molecular weight is 369 g/mol. The second-order valence-electron chi connectivity index (χ2n) is 6.62. The number of carbonyl (C=O) groups is 1. The van der Waals surface area contributed by atoms with E-state index in [0.29, 0.717) is 9.20 Å². The number of thiazole rings is 1. The standard InChI is InChI=1S/C19H19N3O3S/c1-11(2)22-14(12-5-3-6-13(12)21-22)9-17-19(24)20-18(26-17)10-15(23)16-7-4-8-25-16/h4,7-11H,3,5-6H2,1-2H3,(H,20,24)/b17-9-,18-10-. The van der Waals surface area contributed by atoms with Crippen molar-refractivity contribution in [1.29, 1.82) is 0 Å². The second-order valence-corrected chi connectivity index (χ2v) is 7.70. The van der Waals surface area contributed by atoms with Crippen molar-refractivity contribution in [2.24, 2.45) is 0 Å². The molecule has 1 aliphatic rings. The molecule has 0 unspecified atom stereocenters. The molecule has 134 valence electrons. The predicted octanol–water partition coefficient (Wildman–Crippen LogP) is 1.79. The Labute approximate surface area is 153 Å². The van der Waals surface area contributed by atoms with Gasteiger partial charge in [-0.05, 0) is 51.3 Å². The first-order valence-electron chi connectivity index (χ1n) is 8.63. The minimum atomic E-state index is -0.271. The largest absolute Gasteiger partial charge is 0.461 e. The highest BCUT2D eigenvalue weighted by molar-refractivity contribution is 7.07. The van der Waals surface area contributed by atoms with Gasteiger partial charge in [0.25, 0.3) is 5.56 Å². The van der Waals surface area contributed by atoms with Gasteiger partial charge >= 0.3 is 0 Å². The van der Waals surface area contributed by atoms with Gasteiger partial charge in [-0.1, -0.05) is 0 Å². The number of Topliss-reactive ketones (excluding diaryl/α,β-unsaturated/α-hetero) is 1. The van der Waals surface area contributed by atoms with E-state index >= 15 is 0 Å². The van der Waals surface area contributed by atoms with Gasteiger partial charge < -0.3 is 9.40 Å². The zero-order chi connectivity index (χ0) is 18.3. The molecule has 0 saturated heterocycles. The molecule has 0 radical (unpaired) electrons. The summed E-state index contributed by atoms with van der Waals surface area (Å²) < 4.78 is 8.16. The van der Waals surface area contributed by atoms with Gasteiger partial charge in [0.05, 0.1) is 26.8 Å². The molecule has 26 heavy (non-hydrogen) atoms. The summed E-state index contributed by atoms with van der Waals surface area (Å²) in [4.78, 5) is 27.2. The Morgan fingerprint density at radius 2 is 2.27 bits per heavy atom. The number of furan rings is 1. The maximum Gasteiger partial charge on any atom is 0.266 e. The molecular formula is C19H19N3O3S. The number of aromatic amines is 1. The zero-order valence-corrected chi connectivity index (χ0v) is 15.4. The molecule has 0 amide bonds. The first-order chi connectivity index (χ1) is 12.5. The number of aromatic nitrogens is 3. The fourth-order valence-electron chi connectivity index (χ4n) is 3.24. The predicted molar refractivity (Wildman–Crippen MR) is 99.9 cm³/mol. The average Bonchev–Trinajstić information content (AvgIpc) is 3.34. The smallest absolute Gasteiger partial charge is 0.266 e. The van der Waals surface area contributed by atoms with Gasteiger partial charge in [-0.3, -0.25) is 14.3 Å². The summed E-state index contributed by atoms with van der Waals surface area (Å²) in [5.41, 5.74) is 3.18. The van der Waals surface area contributed by atoms with Crippen LogP contribution in [0.1, 0.15) is 53.8 Å². The fourth-order valence-corrected chi connectivity index (χ4v) is 4.10. The Balaban J connectivity index is 1.80. The maximum atomic E-state index is 12.4. The Kier molecular flexibility index (Phi) is 4.24. The highest BCUT2D eigenvalue weighted by atomic mass is 32.1. The lowest BCUT2D eigenvalue weighted by molar-refractivity contribution is 0.103. The number of H-pyrrole nitrogens is 1. The van der Waals surface area contributed by atoms with E-state index < -0.39 is 0 Å². The molecular weight excluding hydrogens is 350 g/mol. The molecule has 3 aromatic rings. The molecule has 3 heterocycles. The molecule has 1 aliphatic carbocycles. The molecule has 0 bridgehead atoms. The van der Waals surface area contributed by atoms with Crippen LogP contribution in [0.4, 0.5) is 0 Å². The first kappa shape index (κ1) is 16.8. The molecule has 0 aromatic carbocycles. The first-order valence-corrected chi connectivity index (χ1v) is 9.45. The SMILES string of the molecule is CC(C)n1nc2c(c1/C=c1\s/c(=C\C(=O)c3ccco3)[nH]c1=O)CCC2. The van der Waals surface area contributed by atoms with Crippen molar-refractivity contribution < 1.29 is 9.21 Å². The van der Waals surface area contributed by atoms with Crippen molar-refractivity contribution >= 4 is 29.3 Å². The van der Waals surface area contributed by atoms with Crippen molar-refractivity contribution in [3.63, 3.8) is 0 Å². The number of hydrogen-bond donors (Lipinski definition) is 1. The van der Waals surface area contributed by atoms with Crippen molar-refractivity contribution in [2.75, 3.05) is 0 Å². The molecule has 6 nitrogen and oxygen atoms in total. The molecule has 0 saturated carbocycles. The van der Waals surface area contributed by atoms with Crippen molar-refractivity contribution in [1.82, 2.24) is 14.8 Å². The molecule has 0 aliphatic heterocycles. The molecule has 1 N–H and O–H groups in total. The van der Waals surface area contributed by atoms with Crippen LogP contribution in [0.2, 0.25) is 0 Å². The van der Waals surface area contributed by atoms with E-state index in [9.17, 15) is 9.59 Å². The van der Waals surface area contributed by atoms with Gasteiger partial charge in [0, 0.05) is 17.7 Å². The van der Waals surface area contributed by atoms with Crippen LogP contribution in [-0.4, -0.2) is 20.5 Å². The number of rotatable bonds is 4. The minimum Gasteiger partial charge on any atom is -0.461 e. The minimum absolute atomic E-state index is 0.197. The Hall–Kier alpha value is -2.67. The Morgan fingerprint density at radius 3 is 3.00 bits per heavy atom. The van der Waals surface area contributed by atoms with E-state index in [0.717, 1.165) is 30.7 Å². The number of aryl methyl sites for hydroxylation is 1. The van der Waals surface area contributed by atoms with Crippen LogP contribution < -0.4 is 14.8 Å². The Bertz CT molecular complexity index is 1130. The summed E-state index contributed by atoms with van der Waals surface area (Å²) in [6, 6.07) is 3.48. The number of nitrogens with zero attached hydrogens (tertiary/aromatic N) is 2. The summed E-state index contributed by atoms with van der Waals surface area (Å²) >= 11 is 1.27. The van der Waals surface area contributed by atoms with Crippen molar-refractivity contribution in [2.45, 2.75) is 39.2 Å². The molecule has 7 heteroatoms. The van der Waals surface area contributed by atoms with Crippen LogP contribution in [0, 0.1) is 0 Å². The third-order valence-electron chi connectivity index (χ3n) is 4.44. The monoisotopic (exact) mass is 369 g/mol. The van der Waals surface area contributed by atoms with Crippen molar-refractivity contribution in [3.8, 4) is 0 Å². The van der Waals surface area contributed by atoms with E-state index in [1.165, 1.54) is 29.2 Å². The van der Waals surface area contributed by atoms with Crippen LogP contribution in [0.15, 0.2) is 27.6 Å². The molecule has 0 atom stereocenters. The highest BCUT2D eigenvalue weighted by Gasteiger charge is 2.22. The van der Waals surface area contributed by atoms with E-state index in [-0.39, 0.29) is 23.1 Å². The lowest BCUT2D eigenvalue weighted by atomic mass is 10.2. The van der Waals surface area contributed by atoms with Crippen LogP contribution in [-0.2, 0) is 12.8 Å². The van der Waals surface area contributed by atoms with E-state index in [1.54, 1.807) is 12.1 Å². The van der Waals surface area contributed by atoms with Gasteiger partial charge in [0.2, 0.25) is 5.78 Å². The number of ketones is 1. The van der Waals surface area contributed by atoms with E-state index in [1.807, 2.05) is 10.8 Å². The topological polar surface area (TPSA) is 80.9 Å². The van der Waals surface area contributed by atoms with Crippen LogP contribution in [0.25, 0.3) is 12.2 Å². The Morgan fingerprint density at radius 1 is 1.42 bits per heavy atom. The van der Waals surface area contributed by atoms with Crippen molar-refractivity contribution in [3.05, 3.63) is 60.7 Å². The van der Waals surface area contributed by atoms with Gasteiger partial charge in [0.15, 0.2) is 5.76 Å². The summed E-state index contributed by atoms with van der Waals surface area (Å²) in [7, 11) is 0. The van der Waals surface area contributed by atoms with Crippen LogP contribution in [0.5, 0.6) is 0 Å². The van der Waals surface area contributed by atoms with Gasteiger partial charge in [-0.2, -0.15) is 5.10 Å². The maximum absolute atomic E-state index is 12.4. The quantitative estimate of drug-likeness (QED) is 0.711.